The average Bonchev–Trinajstić information content (AvgIpc) is 2.21. The highest BCUT2D eigenvalue weighted by Gasteiger charge is 2.20. The van der Waals surface area contributed by atoms with Crippen molar-refractivity contribution in [3.05, 3.63) is 15.6 Å². The summed E-state index contributed by atoms with van der Waals surface area (Å²) in [6, 6.07) is 0. The van der Waals surface area contributed by atoms with Gasteiger partial charge in [0.25, 0.3) is 0 Å². The summed E-state index contributed by atoms with van der Waals surface area (Å²) in [5, 5.41) is 1.20. The van der Waals surface area contributed by atoms with Crippen LogP contribution in [0.1, 0.15) is 15.6 Å². The molecule has 1 aromatic rings. The molecule has 0 N–H and O–H groups in total. The molecule has 2 nitrogen and oxygen atoms in total. The van der Waals surface area contributed by atoms with E-state index in [0.717, 1.165) is 13.1 Å². The third-order valence-electron chi connectivity index (χ3n) is 1.52. The first-order valence-electron chi connectivity index (χ1n) is 3.11. The van der Waals surface area contributed by atoms with Gasteiger partial charge in [0.05, 0.1) is 17.2 Å². The second kappa shape index (κ2) is 2.42. The predicted octanol–water partition coefficient (Wildman–Crippen LogP) is 2.12. The molecule has 0 aromatic carbocycles. The summed E-state index contributed by atoms with van der Waals surface area (Å²) < 4.78 is 2.26. The number of aryl methyl sites for hydroxylation is 1. The topological polar surface area (TPSA) is 16.1 Å². The molecule has 2 rings (SSSR count). The fourth-order valence-corrected chi connectivity index (χ4v) is 2.99. The Bertz CT molecular complexity index is 235. The van der Waals surface area contributed by atoms with Gasteiger partial charge in [0.1, 0.15) is 0 Å². The minimum absolute atomic E-state index is 1.03. The molecule has 0 saturated heterocycles. The number of hydrogen-bond acceptors (Lipinski definition) is 3. The van der Waals surface area contributed by atoms with Gasteiger partial charge >= 0.3 is 0 Å². The van der Waals surface area contributed by atoms with E-state index >= 15 is 0 Å². The Balaban J connectivity index is 2.39. The van der Waals surface area contributed by atoms with Crippen LogP contribution in [0.4, 0.5) is 0 Å². The van der Waals surface area contributed by atoms with Crippen molar-refractivity contribution >= 4 is 34.2 Å². The zero-order valence-corrected chi connectivity index (χ0v) is 8.57. The fraction of sp³-hybridized carbons (Fsp3) is 0.500. The van der Waals surface area contributed by atoms with Gasteiger partial charge in [0, 0.05) is 34.3 Å². The lowest BCUT2D eigenvalue weighted by atomic mass is 10.4. The van der Waals surface area contributed by atoms with Crippen molar-refractivity contribution in [2.24, 2.45) is 0 Å². The van der Waals surface area contributed by atoms with Gasteiger partial charge in [-0.3, -0.25) is 0 Å². The van der Waals surface area contributed by atoms with E-state index in [-0.39, 0.29) is 0 Å². The lowest BCUT2D eigenvalue weighted by Crippen LogP contribution is -1.99. The minimum atomic E-state index is 1.03. The van der Waals surface area contributed by atoms with Gasteiger partial charge in [-0.15, -0.1) is 11.3 Å². The number of rotatable bonds is 0. The summed E-state index contributed by atoms with van der Waals surface area (Å²) in [6.07, 6.45) is 0. The molecule has 0 bridgehead atoms. The summed E-state index contributed by atoms with van der Waals surface area (Å²) in [5.41, 5.74) is 1.29. The van der Waals surface area contributed by atoms with E-state index in [9.17, 15) is 0 Å². The van der Waals surface area contributed by atoms with Crippen molar-refractivity contribution in [1.82, 2.24) is 8.10 Å². The molecule has 0 spiro atoms. The maximum atomic E-state index is 4.41. The SMILES string of the molecule is Cc1nc2c(s1)CN(I)C2. The highest BCUT2D eigenvalue weighted by atomic mass is 127. The van der Waals surface area contributed by atoms with Crippen LogP contribution in [0.5, 0.6) is 0 Å². The standard InChI is InChI=1S/C6H7IN2S/c1-4-8-5-2-9(7)3-6(5)10-4/h2-3H2,1H3. The smallest absolute Gasteiger partial charge is 0.0901 e. The normalized spacial score (nSPS) is 17.8. The van der Waals surface area contributed by atoms with Crippen LogP contribution in [0.2, 0.25) is 0 Å². The molecule has 4 heteroatoms. The lowest BCUT2D eigenvalue weighted by molar-refractivity contribution is 0.551. The molecule has 0 radical (unpaired) electrons. The zero-order chi connectivity index (χ0) is 7.14. The van der Waals surface area contributed by atoms with Gasteiger partial charge in [-0.1, -0.05) is 0 Å². The van der Waals surface area contributed by atoms with Crippen molar-refractivity contribution in [1.29, 1.82) is 0 Å². The number of halogens is 1. The van der Waals surface area contributed by atoms with E-state index < -0.39 is 0 Å². The molecule has 54 valence electrons. The van der Waals surface area contributed by atoms with Crippen LogP contribution in [0, 0.1) is 6.92 Å². The molecular formula is C6H7IN2S. The maximum absolute atomic E-state index is 4.41. The monoisotopic (exact) mass is 266 g/mol. The molecule has 1 aliphatic rings. The van der Waals surface area contributed by atoms with E-state index in [1.54, 1.807) is 0 Å². The van der Waals surface area contributed by atoms with Gasteiger partial charge in [-0.25, -0.2) is 8.10 Å². The Hall–Kier alpha value is 0.320. The second-order valence-electron chi connectivity index (χ2n) is 2.38. The van der Waals surface area contributed by atoms with Gasteiger partial charge in [-0.2, -0.15) is 0 Å². The Morgan fingerprint density at radius 2 is 2.40 bits per heavy atom. The summed E-state index contributed by atoms with van der Waals surface area (Å²) in [6.45, 7) is 4.18. The van der Waals surface area contributed by atoms with Crippen LogP contribution in [0.15, 0.2) is 0 Å². The zero-order valence-electron chi connectivity index (χ0n) is 5.59. The second-order valence-corrected chi connectivity index (χ2v) is 5.03. The van der Waals surface area contributed by atoms with Crippen LogP contribution in [-0.4, -0.2) is 8.10 Å². The van der Waals surface area contributed by atoms with E-state index in [2.05, 4.69) is 37.9 Å². The van der Waals surface area contributed by atoms with Crippen molar-refractivity contribution < 1.29 is 0 Å². The van der Waals surface area contributed by atoms with Crippen molar-refractivity contribution in [3.63, 3.8) is 0 Å². The molecule has 1 aliphatic heterocycles. The maximum Gasteiger partial charge on any atom is 0.0901 e. The summed E-state index contributed by atoms with van der Waals surface area (Å²) in [5.74, 6) is 0. The number of nitrogens with zero attached hydrogens (tertiary/aromatic N) is 2. The van der Waals surface area contributed by atoms with Gasteiger partial charge in [0.2, 0.25) is 0 Å². The van der Waals surface area contributed by atoms with E-state index in [0.29, 0.717) is 0 Å². The summed E-state index contributed by atoms with van der Waals surface area (Å²) in [7, 11) is 0. The van der Waals surface area contributed by atoms with E-state index in [1.165, 1.54) is 15.6 Å². The van der Waals surface area contributed by atoms with Crippen LogP contribution in [0.3, 0.4) is 0 Å². The van der Waals surface area contributed by atoms with Crippen molar-refractivity contribution in [3.8, 4) is 0 Å². The summed E-state index contributed by atoms with van der Waals surface area (Å²) in [4.78, 5) is 5.86. The third kappa shape index (κ3) is 1.08. The number of hydrogen-bond donors (Lipinski definition) is 0. The highest BCUT2D eigenvalue weighted by Crippen LogP contribution is 2.29. The molecule has 0 atom stereocenters. The van der Waals surface area contributed by atoms with Gasteiger partial charge < -0.3 is 0 Å². The van der Waals surface area contributed by atoms with Crippen LogP contribution >= 0.6 is 34.2 Å². The molecule has 0 fully saturated rings. The van der Waals surface area contributed by atoms with Crippen LogP contribution in [-0.2, 0) is 13.1 Å². The quantitative estimate of drug-likeness (QED) is 0.528. The fourth-order valence-electron chi connectivity index (χ4n) is 1.13. The Labute approximate surface area is 77.8 Å². The van der Waals surface area contributed by atoms with Gasteiger partial charge in [0.15, 0.2) is 0 Å². The average molecular weight is 266 g/mol. The minimum Gasteiger partial charge on any atom is -0.245 e. The molecule has 10 heavy (non-hydrogen) atoms. The van der Waals surface area contributed by atoms with Gasteiger partial charge in [-0.05, 0) is 6.92 Å². The lowest BCUT2D eigenvalue weighted by Gasteiger charge is -1.99. The molecule has 0 unspecified atom stereocenters. The largest absolute Gasteiger partial charge is 0.245 e. The Kier molecular flexibility index (Phi) is 1.69. The molecule has 1 aromatic heterocycles. The van der Waals surface area contributed by atoms with Crippen LogP contribution in [0.25, 0.3) is 0 Å². The van der Waals surface area contributed by atoms with Crippen molar-refractivity contribution in [2.45, 2.75) is 20.0 Å². The van der Waals surface area contributed by atoms with E-state index in [4.69, 9.17) is 0 Å². The first-order valence-corrected chi connectivity index (χ1v) is 4.90. The highest BCUT2D eigenvalue weighted by molar-refractivity contribution is 14.1. The molecule has 2 heterocycles. The molecule has 0 amide bonds. The van der Waals surface area contributed by atoms with E-state index in [1.807, 2.05) is 11.3 Å². The number of thiazole rings is 1. The first-order chi connectivity index (χ1) is 4.75. The predicted molar refractivity (Wildman–Crippen MR) is 50.1 cm³/mol. The van der Waals surface area contributed by atoms with Crippen LogP contribution < -0.4 is 0 Å². The number of fused-ring (bicyclic) bond motifs is 1. The first kappa shape index (κ1) is 7.00. The Morgan fingerprint density at radius 1 is 1.60 bits per heavy atom. The Morgan fingerprint density at radius 3 is 3.10 bits per heavy atom. The molecule has 0 saturated carbocycles. The summed E-state index contributed by atoms with van der Waals surface area (Å²) >= 11 is 4.16. The molecule has 0 aliphatic carbocycles. The number of aromatic nitrogens is 1. The molecular weight excluding hydrogens is 259 g/mol. The third-order valence-corrected chi connectivity index (χ3v) is 3.20. The van der Waals surface area contributed by atoms with Crippen molar-refractivity contribution in [2.75, 3.05) is 0 Å².